The molecule has 0 aromatic heterocycles. The largest absolute Gasteiger partial charge is 0.503 e. The van der Waals surface area contributed by atoms with E-state index in [2.05, 4.69) is 13.8 Å². The summed E-state index contributed by atoms with van der Waals surface area (Å²) >= 11 is 0. The van der Waals surface area contributed by atoms with Gasteiger partial charge in [-0.15, -0.1) is 0 Å². The topological polar surface area (TPSA) is 115 Å². The minimum Gasteiger partial charge on any atom is -0.450 e. The molecule has 1 aliphatic carbocycles. The lowest BCUT2D eigenvalue weighted by Crippen LogP contribution is -2.14. The van der Waals surface area contributed by atoms with Gasteiger partial charge < -0.3 is 20.4 Å². The molecule has 0 unspecified atom stereocenters. The lowest BCUT2D eigenvalue weighted by atomic mass is 9.78. The number of rotatable bonds is 0. The number of hydrogen-bond donors (Lipinski definition) is 4. The third kappa shape index (κ3) is 22.9. The second-order valence-electron chi connectivity index (χ2n) is 4.29. The Morgan fingerprint density at radius 1 is 0.812 bits per heavy atom. The van der Waals surface area contributed by atoms with Gasteiger partial charge in [0.15, 0.2) is 0 Å². The Kier molecular flexibility index (Phi) is 9.34. The first-order valence-corrected chi connectivity index (χ1v) is 5.01. The van der Waals surface area contributed by atoms with E-state index in [1.165, 1.54) is 32.1 Å². The summed E-state index contributed by atoms with van der Waals surface area (Å²) in [5.41, 5.74) is 0.679. The zero-order chi connectivity index (χ0) is 13.2. The van der Waals surface area contributed by atoms with Crippen LogP contribution in [0.1, 0.15) is 46.0 Å². The molecule has 0 radical (unpaired) electrons. The van der Waals surface area contributed by atoms with Crippen molar-refractivity contribution in [2.24, 2.45) is 5.41 Å². The van der Waals surface area contributed by atoms with Crippen molar-refractivity contribution in [1.82, 2.24) is 0 Å². The van der Waals surface area contributed by atoms with Crippen molar-refractivity contribution in [3.8, 4) is 0 Å². The standard InChI is InChI=1S/C8H16.2CH2O3/c1-8(2)6-4-3-5-7-8;2*2-1(3)4/h3-7H2,1-2H3;2*(H2,2,3,4). The van der Waals surface area contributed by atoms with E-state index in [-0.39, 0.29) is 0 Å². The highest BCUT2D eigenvalue weighted by Gasteiger charge is 2.19. The Bertz CT molecular complexity index is 183. The van der Waals surface area contributed by atoms with Crippen molar-refractivity contribution in [1.29, 1.82) is 0 Å². The molecule has 1 fully saturated rings. The number of hydrogen-bond acceptors (Lipinski definition) is 2. The van der Waals surface area contributed by atoms with Crippen molar-refractivity contribution >= 4 is 12.3 Å². The quantitative estimate of drug-likeness (QED) is 0.512. The van der Waals surface area contributed by atoms with E-state index in [0.717, 1.165) is 0 Å². The summed E-state index contributed by atoms with van der Waals surface area (Å²) in [6.07, 6.45) is 3.64. The molecule has 0 aliphatic heterocycles. The smallest absolute Gasteiger partial charge is 0.450 e. The molecule has 0 atom stereocenters. The van der Waals surface area contributed by atoms with Gasteiger partial charge in [0.1, 0.15) is 0 Å². The van der Waals surface area contributed by atoms with E-state index >= 15 is 0 Å². The Hall–Kier alpha value is -1.46. The lowest BCUT2D eigenvalue weighted by molar-refractivity contribution is 0.135. The van der Waals surface area contributed by atoms with Crippen LogP contribution in [-0.2, 0) is 0 Å². The second kappa shape index (κ2) is 8.82. The van der Waals surface area contributed by atoms with Crippen molar-refractivity contribution < 1.29 is 30.0 Å². The summed E-state index contributed by atoms with van der Waals surface area (Å²) in [6.45, 7) is 4.76. The molecular weight excluding hydrogens is 216 g/mol. The Balaban J connectivity index is 0. The molecule has 96 valence electrons. The predicted molar refractivity (Wildman–Crippen MR) is 58.2 cm³/mol. The molecule has 0 amide bonds. The van der Waals surface area contributed by atoms with Gasteiger partial charge in [0.05, 0.1) is 0 Å². The highest BCUT2D eigenvalue weighted by Crippen LogP contribution is 2.34. The lowest BCUT2D eigenvalue weighted by Gasteiger charge is -2.28. The fourth-order valence-corrected chi connectivity index (χ4v) is 1.51. The maximum absolute atomic E-state index is 8.56. The van der Waals surface area contributed by atoms with Gasteiger partial charge in [-0.1, -0.05) is 33.1 Å². The van der Waals surface area contributed by atoms with Crippen LogP contribution in [0.4, 0.5) is 9.59 Å². The molecule has 6 nitrogen and oxygen atoms in total. The van der Waals surface area contributed by atoms with E-state index in [1.54, 1.807) is 0 Å². The highest BCUT2D eigenvalue weighted by atomic mass is 16.6. The first-order valence-electron chi connectivity index (χ1n) is 5.01. The molecule has 0 heterocycles. The molecule has 0 saturated heterocycles. The van der Waals surface area contributed by atoms with Crippen LogP contribution >= 0.6 is 0 Å². The van der Waals surface area contributed by atoms with Crippen LogP contribution in [0.2, 0.25) is 0 Å². The zero-order valence-electron chi connectivity index (χ0n) is 9.64. The van der Waals surface area contributed by atoms with E-state index in [1.807, 2.05) is 0 Å². The Morgan fingerprint density at radius 2 is 1.06 bits per heavy atom. The van der Waals surface area contributed by atoms with E-state index < -0.39 is 12.3 Å². The van der Waals surface area contributed by atoms with Gasteiger partial charge in [-0.25, -0.2) is 9.59 Å². The van der Waals surface area contributed by atoms with Crippen molar-refractivity contribution in [2.75, 3.05) is 0 Å². The molecule has 1 rings (SSSR count). The van der Waals surface area contributed by atoms with E-state index in [0.29, 0.717) is 5.41 Å². The monoisotopic (exact) mass is 236 g/mol. The molecule has 4 N–H and O–H groups in total. The molecule has 6 heteroatoms. The van der Waals surface area contributed by atoms with Crippen LogP contribution in [0, 0.1) is 5.41 Å². The van der Waals surface area contributed by atoms with Gasteiger partial charge in [-0.05, 0) is 18.3 Å². The molecule has 1 aliphatic rings. The maximum Gasteiger partial charge on any atom is 0.503 e. The molecule has 0 spiro atoms. The van der Waals surface area contributed by atoms with Crippen LogP contribution < -0.4 is 0 Å². The molecule has 1 saturated carbocycles. The first-order chi connectivity index (χ1) is 7.17. The average Bonchev–Trinajstić information content (AvgIpc) is 2.00. The minimum absolute atomic E-state index is 0.679. The Labute approximate surface area is 94.5 Å². The third-order valence-electron chi connectivity index (χ3n) is 2.21. The number of carboxylic acid groups (broad SMARTS) is 4. The molecule has 0 aromatic carbocycles. The van der Waals surface area contributed by atoms with Crippen LogP contribution in [0.25, 0.3) is 0 Å². The van der Waals surface area contributed by atoms with Crippen molar-refractivity contribution in [3.05, 3.63) is 0 Å². The zero-order valence-corrected chi connectivity index (χ0v) is 9.64. The molecular formula is C10H20O6. The van der Waals surface area contributed by atoms with Crippen molar-refractivity contribution in [2.45, 2.75) is 46.0 Å². The van der Waals surface area contributed by atoms with Gasteiger partial charge in [-0.3, -0.25) is 0 Å². The van der Waals surface area contributed by atoms with Gasteiger partial charge in [0, 0.05) is 0 Å². The SMILES string of the molecule is CC1(C)CCCCC1.O=C(O)O.O=C(O)O. The van der Waals surface area contributed by atoms with Crippen molar-refractivity contribution in [3.63, 3.8) is 0 Å². The number of carbonyl (C=O) groups is 2. The second-order valence-corrected chi connectivity index (χ2v) is 4.29. The minimum atomic E-state index is -1.83. The summed E-state index contributed by atoms with van der Waals surface area (Å²) in [7, 11) is 0. The van der Waals surface area contributed by atoms with Gasteiger partial charge in [0.2, 0.25) is 0 Å². The van der Waals surface area contributed by atoms with E-state index in [9.17, 15) is 0 Å². The van der Waals surface area contributed by atoms with Crippen LogP contribution in [0.3, 0.4) is 0 Å². The van der Waals surface area contributed by atoms with Gasteiger partial charge in [0.25, 0.3) is 0 Å². The normalized spacial score (nSPS) is 16.9. The molecule has 0 bridgehead atoms. The van der Waals surface area contributed by atoms with Gasteiger partial charge in [-0.2, -0.15) is 0 Å². The summed E-state index contributed by atoms with van der Waals surface area (Å²) in [4.78, 5) is 17.1. The summed E-state index contributed by atoms with van der Waals surface area (Å²) in [6, 6.07) is 0. The molecule has 16 heavy (non-hydrogen) atoms. The van der Waals surface area contributed by atoms with Crippen LogP contribution in [-0.4, -0.2) is 32.7 Å². The van der Waals surface area contributed by atoms with E-state index in [4.69, 9.17) is 30.0 Å². The molecule has 0 aromatic rings. The third-order valence-corrected chi connectivity index (χ3v) is 2.21. The maximum atomic E-state index is 8.56. The fourth-order valence-electron chi connectivity index (χ4n) is 1.51. The summed E-state index contributed by atoms with van der Waals surface area (Å²) < 4.78 is 0. The fraction of sp³-hybridized carbons (Fsp3) is 0.800. The van der Waals surface area contributed by atoms with Gasteiger partial charge >= 0.3 is 12.3 Å². The van der Waals surface area contributed by atoms with Crippen LogP contribution in [0.15, 0.2) is 0 Å². The summed E-state index contributed by atoms with van der Waals surface area (Å²) in [5.74, 6) is 0. The van der Waals surface area contributed by atoms with Crippen LogP contribution in [0.5, 0.6) is 0 Å². The summed E-state index contributed by atoms with van der Waals surface area (Å²) in [5, 5.41) is 27.9. The average molecular weight is 236 g/mol. The highest BCUT2D eigenvalue weighted by molar-refractivity contribution is 5.53. The first kappa shape index (κ1) is 17.0. The Morgan fingerprint density at radius 3 is 1.19 bits per heavy atom. The predicted octanol–water partition coefficient (Wildman–Crippen LogP) is 3.42.